The van der Waals surface area contributed by atoms with E-state index in [9.17, 15) is 4.79 Å². The van der Waals surface area contributed by atoms with Gasteiger partial charge in [0.05, 0.1) is 24.2 Å². The van der Waals surface area contributed by atoms with Crippen LogP contribution in [-0.4, -0.2) is 45.1 Å². The predicted octanol–water partition coefficient (Wildman–Crippen LogP) is 2.93. The zero-order chi connectivity index (χ0) is 18.4. The quantitative estimate of drug-likeness (QED) is 0.855. The third kappa shape index (κ3) is 3.94. The summed E-state index contributed by atoms with van der Waals surface area (Å²) >= 11 is 0. The molecule has 3 rings (SSSR count). The Morgan fingerprint density at radius 1 is 1.20 bits per heavy atom. The maximum absolute atomic E-state index is 13.0. The van der Waals surface area contributed by atoms with Crippen molar-refractivity contribution in [1.82, 2.24) is 24.5 Å². The molecule has 0 atom stereocenters. The van der Waals surface area contributed by atoms with Gasteiger partial charge in [-0.05, 0) is 44.2 Å². The van der Waals surface area contributed by atoms with Crippen LogP contribution in [0.4, 0.5) is 0 Å². The van der Waals surface area contributed by atoms with Crippen LogP contribution in [0.2, 0.25) is 0 Å². The molecule has 2 heterocycles. The molecule has 0 saturated heterocycles. The first kappa shape index (κ1) is 18.1. The van der Waals surface area contributed by atoms with Crippen molar-refractivity contribution in [3.05, 3.63) is 22.7 Å². The van der Waals surface area contributed by atoms with Crippen molar-refractivity contribution >= 4 is 10.9 Å². The number of hydrogen-bond acceptors (Lipinski definition) is 4. The van der Waals surface area contributed by atoms with Gasteiger partial charge in [0.15, 0.2) is 0 Å². The average Bonchev–Trinajstić information content (AvgIpc) is 2.86. The normalized spacial score (nSPS) is 20.4. The first-order chi connectivity index (χ1) is 11.6. The molecule has 1 saturated carbocycles. The van der Waals surface area contributed by atoms with Gasteiger partial charge in [-0.15, -0.1) is 0 Å². The Balaban J connectivity index is 1.94. The van der Waals surface area contributed by atoms with Crippen molar-refractivity contribution in [2.45, 2.75) is 59.5 Å². The highest BCUT2D eigenvalue weighted by Crippen LogP contribution is 2.49. The van der Waals surface area contributed by atoms with Crippen molar-refractivity contribution < 1.29 is 0 Å². The van der Waals surface area contributed by atoms with Crippen LogP contribution in [0, 0.1) is 10.8 Å². The molecule has 0 aromatic carbocycles. The van der Waals surface area contributed by atoms with Gasteiger partial charge < -0.3 is 4.90 Å². The van der Waals surface area contributed by atoms with E-state index in [4.69, 9.17) is 0 Å². The zero-order valence-corrected chi connectivity index (χ0v) is 16.4. The van der Waals surface area contributed by atoms with Crippen LogP contribution in [0.15, 0.2) is 17.2 Å². The SMILES string of the molecule is CN(C)CCn1cc2c(=O)n(C3CC(C)(C)CC(C)(C)C3)ncc2n1. The van der Waals surface area contributed by atoms with Crippen LogP contribution in [0.5, 0.6) is 0 Å². The second kappa shape index (κ2) is 6.24. The lowest BCUT2D eigenvalue weighted by molar-refractivity contribution is 0.0654. The second-order valence-electron chi connectivity index (χ2n) is 9.46. The number of aromatic nitrogens is 4. The van der Waals surface area contributed by atoms with Gasteiger partial charge in [-0.25, -0.2) is 4.68 Å². The molecule has 2 aromatic rings. The molecular weight excluding hydrogens is 314 g/mol. The summed E-state index contributed by atoms with van der Waals surface area (Å²) < 4.78 is 3.57. The van der Waals surface area contributed by atoms with Crippen molar-refractivity contribution in [2.24, 2.45) is 10.8 Å². The fourth-order valence-corrected chi connectivity index (χ4v) is 4.63. The molecule has 1 aliphatic carbocycles. The number of fused-ring (bicyclic) bond motifs is 1. The predicted molar refractivity (Wildman–Crippen MR) is 101 cm³/mol. The van der Waals surface area contributed by atoms with E-state index >= 15 is 0 Å². The number of nitrogens with zero attached hydrogens (tertiary/aromatic N) is 5. The van der Waals surface area contributed by atoms with Crippen molar-refractivity contribution in [1.29, 1.82) is 0 Å². The van der Waals surface area contributed by atoms with Gasteiger partial charge in [-0.1, -0.05) is 27.7 Å². The van der Waals surface area contributed by atoms with Gasteiger partial charge in [-0.3, -0.25) is 9.48 Å². The molecule has 138 valence electrons. The van der Waals surface area contributed by atoms with E-state index in [-0.39, 0.29) is 22.4 Å². The van der Waals surface area contributed by atoms with E-state index in [1.165, 1.54) is 6.42 Å². The number of rotatable bonds is 4. The largest absolute Gasteiger partial charge is 0.308 e. The lowest BCUT2D eigenvalue weighted by atomic mass is 9.63. The van der Waals surface area contributed by atoms with Crippen LogP contribution >= 0.6 is 0 Å². The highest BCUT2D eigenvalue weighted by atomic mass is 16.1. The topological polar surface area (TPSA) is 56.0 Å². The molecule has 0 amide bonds. The van der Waals surface area contributed by atoms with E-state index in [1.807, 2.05) is 25.0 Å². The summed E-state index contributed by atoms with van der Waals surface area (Å²) in [7, 11) is 4.06. The fourth-order valence-electron chi connectivity index (χ4n) is 4.63. The fraction of sp³-hybridized carbons (Fsp3) is 0.737. The van der Waals surface area contributed by atoms with Gasteiger partial charge in [0.25, 0.3) is 5.56 Å². The van der Waals surface area contributed by atoms with E-state index in [1.54, 1.807) is 10.9 Å². The monoisotopic (exact) mass is 345 g/mol. The van der Waals surface area contributed by atoms with Gasteiger partial charge >= 0.3 is 0 Å². The molecule has 0 radical (unpaired) electrons. The molecule has 0 unspecified atom stereocenters. The number of hydrogen-bond donors (Lipinski definition) is 0. The molecule has 1 fully saturated rings. The minimum atomic E-state index is -0.00731. The lowest BCUT2D eigenvalue weighted by Crippen LogP contribution is -2.39. The van der Waals surface area contributed by atoms with Crippen LogP contribution in [0.25, 0.3) is 10.9 Å². The van der Waals surface area contributed by atoms with Gasteiger partial charge in [0, 0.05) is 12.7 Å². The van der Waals surface area contributed by atoms with Crippen LogP contribution in [-0.2, 0) is 6.54 Å². The van der Waals surface area contributed by atoms with E-state index in [0.717, 1.165) is 25.9 Å². The third-order valence-electron chi connectivity index (χ3n) is 5.19. The summed E-state index contributed by atoms with van der Waals surface area (Å²) in [4.78, 5) is 15.1. The lowest BCUT2D eigenvalue weighted by Gasteiger charge is -2.44. The molecule has 0 N–H and O–H groups in total. The molecule has 0 aliphatic heterocycles. The van der Waals surface area contributed by atoms with E-state index in [2.05, 4.69) is 42.8 Å². The van der Waals surface area contributed by atoms with Crippen LogP contribution in [0.3, 0.4) is 0 Å². The molecule has 25 heavy (non-hydrogen) atoms. The van der Waals surface area contributed by atoms with Gasteiger partial charge in [-0.2, -0.15) is 10.2 Å². The molecular formula is C19H31N5O. The minimum absolute atomic E-state index is 0.00731. The second-order valence-corrected chi connectivity index (χ2v) is 9.46. The first-order valence-corrected chi connectivity index (χ1v) is 9.16. The van der Waals surface area contributed by atoms with Crippen LogP contribution in [0.1, 0.15) is 53.0 Å². The molecule has 6 nitrogen and oxygen atoms in total. The summed E-state index contributed by atoms with van der Waals surface area (Å²) in [5.41, 5.74) is 1.12. The Labute approximate surface area is 149 Å². The maximum Gasteiger partial charge on any atom is 0.278 e. The minimum Gasteiger partial charge on any atom is -0.308 e. The van der Waals surface area contributed by atoms with Crippen molar-refractivity contribution in [2.75, 3.05) is 20.6 Å². The Morgan fingerprint density at radius 2 is 1.84 bits per heavy atom. The summed E-state index contributed by atoms with van der Waals surface area (Å²) in [5.74, 6) is 0. The van der Waals surface area contributed by atoms with E-state index in [0.29, 0.717) is 10.9 Å². The summed E-state index contributed by atoms with van der Waals surface area (Å²) in [6.07, 6.45) is 6.78. The van der Waals surface area contributed by atoms with Crippen molar-refractivity contribution in [3.63, 3.8) is 0 Å². The molecule has 0 bridgehead atoms. The Bertz CT molecular complexity index is 799. The summed E-state index contributed by atoms with van der Waals surface area (Å²) in [6.45, 7) is 10.8. The number of likely N-dealkylation sites (N-methyl/N-ethyl adjacent to an activating group) is 1. The summed E-state index contributed by atoms with van der Waals surface area (Å²) in [6, 6.07) is 0.153. The molecule has 0 spiro atoms. The van der Waals surface area contributed by atoms with Gasteiger partial charge in [0.2, 0.25) is 0 Å². The van der Waals surface area contributed by atoms with Crippen LogP contribution < -0.4 is 5.56 Å². The highest BCUT2D eigenvalue weighted by Gasteiger charge is 2.40. The zero-order valence-electron chi connectivity index (χ0n) is 16.4. The Morgan fingerprint density at radius 3 is 2.44 bits per heavy atom. The smallest absolute Gasteiger partial charge is 0.278 e. The van der Waals surface area contributed by atoms with Crippen molar-refractivity contribution in [3.8, 4) is 0 Å². The average molecular weight is 345 g/mol. The molecule has 1 aliphatic rings. The first-order valence-electron chi connectivity index (χ1n) is 9.16. The Hall–Kier alpha value is -1.69. The third-order valence-corrected chi connectivity index (χ3v) is 5.19. The highest BCUT2D eigenvalue weighted by molar-refractivity contribution is 5.75. The molecule has 6 heteroatoms. The summed E-state index contributed by atoms with van der Waals surface area (Å²) in [5, 5.41) is 9.67. The van der Waals surface area contributed by atoms with Gasteiger partial charge in [0.1, 0.15) is 5.52 Å². The maximum atomic E-state index is 13.0. The molecule has 2 aromatic heterocycles. The Kier molecular flexibility index (Phi) is 4.52. The standard InChI is InChI=1S/C19H31N5O/c1-18(2)9-14(10-19(3,4)13-18)24-17(25)15-12-23(8-7-22(5)6)21-16(15)11-20-24/h11-12,14H,7-10,13H2,1-6H3. The van der Waals surface area contributed by atoms with E-state index < -0.39 is 0 Å².